The lowest BCUT2D eigenvalue weighted by Gasteiger charge is -2.44. The molecule has 164 valence electrons. The fourth-order valence-corrected chi connectivity index (χ4v) is 5.42. The van der Waals surface area contributed by atoms with E-state index in [9.17, 15) is 9.59 Å². The normalized spacial score (nSPS) is 28.3. The van der Waals surface area contributed by atoms with Crippen LogP contribution in [-0.4, -0.2) is 66.1 Å². The van der Waals surface area contributed by atoms with Crippen molar-refractivity contribution in [3.63, 3.8) is 0 Å². The van der Waals surface area contributed by atoms with Gasteiger partial charge >= 0.3 is 5.97 Å². The van der Waals surface area contributed by atoms with Crippen molar-refractivity contribution < 1.29 is 19.4 Å². The second-order valence-corrected chi connectivity index (χ2v) is 9.37. The molecule has 1 aromatic rings. The van der Waals surface area contributed by atoms with Crippen molar-refractivity contribution in [2.45, 2.75) is 39.2 Å². The molecule has 6 nitrogen and oxygen atoms in total. The van der Waals surface area contributed by atoms with Crippen LogP contribution in [0.15, 0.2) is 30.3 Å². The molecule has 2 unspecified atom stereocenters. The van der Waals surface area contributed by atoms with Crippen molar-refractivity contribution >= 4 is 11.9 Å². The topological polar surface area (TPSA) is 70.1 Å². The molecule has 1 spiro atoms. The summed E-state index contributed by atoms with van der Waals surface area (Å²) in [5.41, 5.74) is 0.973. The van der Waals surface area contributed by atoms with Gasteiger partial charge in [-0.05, 0) is 42.6 Å². The van der Waals surface area contributed by atoms with E-state index in [-0.39, 0.29) is 48.3 Å². The van der Waals surface area contributed by atoms with Gasteiger partial charge in [0.2, 0.25) is 5.91 Å². The molecule has 3 atom stereocenters. The van der Waals surface area contributed by atoms with Gasteiger partial charge < -0.3 is 14.7 Å². The average molecular weight is 415 g/mol. The van der Waals surface area contributed by atoms with Crippen LogP contribution in [0.25, 0.3) is 0 Å². The number of carbonyl (C=O) groups excluding carboxylic acids is 2. The Morgan fingerprint density at radius 3 is 2.43 bits per heavy atom. The van der Waals surface area contributed by atoms with E-state index >= 15 is 0 Å². The standard InChI is InChI=1S/C24H34N2O4/c1-18-7-8-24(9-10-24)21(22(28)26-13-11-25(12-14-26)15-16-27)20(18)23(29)30-17-19-5-3-2-4-6-19/h2-6,18,20-21,27H,7-17H2,1H3/t18-,20?,21?/m1/s1. The van der Waals surface area contributed by atoms with Crippen molar-refractivity contribution in [2.75, 3.05) is 39.3 Å². The van der Waals surface area contributed by atoms with E-state index in [1.807, 2.05) is 35.2 Å². The van der Waals surface area contributed by atoms with Crippen molar-refractivity contribution in [1.29, 1.82) is 0 Å². The maximum atomic E-state index is 13.7. The number of rotatable bonds is 6. The maximum Gasteiger partial charge on any atom is 0.310 e. The number of amides is 1. The van der Waals surface area contributed by atoms with Crippen LogP contribution in [0.1, 0.15) is 38.2 Å². The Labute approximate surface area is 179 Å². The Bertz CT molecular complexity index is 741. The summed E-state index contributed by atoms with van der Waals surface area (Å²) >= 11 is 0. The van der Waals surface area contributed by atoms with Crippen molar-refractivity contribution in [3.8, 4) is 0 Å². The lowest BCUT2D eigenvalue weighted by Crippen LogP contribution is -2.55. The first-order valence-corrected chi connectivity index (χ1v) is 11.4. The number of hydrogen-bond donors (Lipinski definition) is 1. The quantitative estimate of drug-likeness (QED) is 0.724. The molecule has 1 saturated heterocycles. The van der Waals surface area contributed by atoms with E-state index in [2.05, 4.69) is 11.8 Å². The van der Waals surface area contributed by atoms with Gasteiger partial charge in [-0.15, -0.1) is 0 Å². The molecule has 0 bridgehead atoms. The first-order chi connectivity index (χ1) is 14.5. The van der Waals surface area contributed by atoms with Gasteiger partial charge in [0.25, 0.3) is 0 Å². The van der Waals surface area contributed by atoms with Crippen LogP contribution in [0.5, 0.6) is 0 Å². The zero-order valence-electron chi connectivity index (χ0n) is 18.0. The van der Waals surface area contributed by atoms with E-state index in [1.54, 1.807) is 0 Å². The minimum absolute atomic E-state index is 0.00224. The van der Waals surface area contributed by atoms with Gasteiger partial charge in [-0.1, -0.05) is 37.3 Å². The SMILES string of the molecule is C[C@@H]1CCC2(CC2)C(C(=O)N2CCN(CCO)CC2)C1C(=O)OCc1ccccc1. The highest BCUT2D eigenvalue weighted by Crippen LogP contribution is 2.62. The predicted octanol–water partition coefficient (Wildman–Crippen LogP) is 2.31. The van der Waals surface area contributed by atoms with Crippen LogP contribution < -0.4 is 0 Å². The fourth-order valence-electron chi connectivity index (χ4n) is 5.42. The number of aliphatic hydroxyl groups excluding tert-OH is 1. The monoisotopic (exact) mass is 414 g/mol. The third kappa shape index (κ3) is 4.40. The lowest BCUT2D eigenvalue weighted by atomic mass is 9.64. The Balaban J connectivity index is 1.46. The highest BCUT2D eigenvalue weighted by atomic mass is 16.5. The summed E-state index contributed by atoms with van der Waals surface area (Å²) in [5.74, 6) is -0.523. The summed E-state index contributed by atoms with van der Waals surface area (Å²) in [7, 11) is 0. The van der Waals surface area contributed by atoms with Gasteiger partial charge in [0.05, 0.1) is 18.4 Å². The molecule has 6 heteroatoms. The van der Waals surface area contributed by atoms with Crippen LogP contribution in [0.3, 0.4) is 0 Å². The maximum absolute atomic E-state index is 13.7. The summed E-state index contributed by atoms with van der Waals surface area (Å²) in [6.07, 6.45) is 4.11. The second kappa shape index (κ2) is 9.06. The average Bonchev–Trinajstić information content (AvgIpc) is 3.55. The number of carbonyl (C=O) groups is 2. The molecule has 1 aliphatic heterocycles. The summed E-state index contributed by atoms with van der Waals surface area (Å²) < 4.78 is 5.73. The van der Waals surface area contributed by atoms with Gasteiger partial charge in [-0.25, -0.2) is 0 Å². The number of benzene rings is 1. The van der Waals surface area contributed by atoms with Crippen molar-refractivity contribution in [3.05, 3.63) is 35.9 Å². The minimum Gasteiger partial charge on any atom is -0.461 e. The van der Waals surface area contributed by atoms with Crippen LogP contribution in [0.2, 0.25) is 0 Å². The zero-order valence-corrected chi connectivity index (χ0v) is 18.0. The molecule has 2 aliphatic carbocycles. The third-order valence-electron chi connectivity index (χ3n) is 7.48. The number of esters is 1. The van der Waals surface area contributed by atoms with Crippen LogP contribution in [-0.2, 0) is 20.9 Å². The fraction of sp³-hybridized carbons (Fsp3) is 0.667. The summed E-state index contributed by atoms with van der Waals surface area (Å²) in [6.45, 7) is 6.07. The molecule has 3 aliphatic rings. The lowest BCUT2D eigenvalue weighted by molar-refractivity contribution is -0.165. The molecule has 1 amide bonds. The van der Waals surface area contributed by atoms with E-state index in [0.717, 1.165) is 44.3 Å². The number of β-amino-alcohol motifs (C(OH)–C–C–N with tert-alkyl or cyclic N) is 1. The number of nitrogens with zero attached hydrogens (tertiary/aromatic N) is 2. The van der Waals surface area contributed by atoms with E-state index in [4.69, 9.17) is 9.84 Å². The molecule has 4 rings (SSSR count). The van der Waals surface area contributed by atoms with Gasteiger partial charge in [-0.3, -0.25) is 14.5 Å². The molecule has 1 heterocycles. The Morgan fingerprint density at radius 1 is 1.10 bits per heavy atom. The predicted molar refractivity (Wildman–Crippen MR) is 113 cm³/mol. The Morgan fingerprint density at radius 2 is 1.80 bits per heavy atom. The summed E-state index contributed by atoms with van der Waals surface area (Å²) in [5, 5.41) is 9.16. The molecular weight excluding hydrogens is 380 g/mol. The second-order valence-electron chi connectivity index (χ2n) is 9.37. The molecule has 3 fully saturated rings. The van der Waals surface area contributed by atoms with Gasteiger partial charge in [0.1, 0.15) is 6.61 Å². The minimum atomic E-state index is -0.354. The van der Waals surface area contributed by atoms with Crippen molar-refractivity contribution in [2.24, 2.45) is 23.2 Å². The molecule has 30 heavy (non-hydrogen) atoms. The van der Waals surface area contributed by atoms with E-state index < -0.39 is 0 Å². The smallest absolute Gasteiger partial charge is 0.310 e. The first-order valence-electron chi connectivity index (χ1n) is 11.4. The van der Waals surface area contributed by atoms with Crippen molar-refractivity contribution in [1.82, 2.24) is 9.80 Å². The summed E-state index contributed by atoms with van der Waals surface area (Å²) in [4.78, 5) is 31.0. The largest absolute Gasteiger partial charge is 0.461 e. The highest BCUT2D eigenvalue weighted by Gasteiger charge is 2.61. The van der Waals surface area contributed by atoms with Gasteiger partial charge in [0.15, 0.2) is 0 Å². The van der Waals surface area contributed by atoms with Crippen LogP contribution in [0.4, 0.5) is 0 Å². The number of aliphatic hydroxyl groups is 1. The van der Waals surface area contributed by atoms with Gasteiger partial charge in [0, 0.05) is 32.7 Å². The zero-order chi connectivity index (χ0) is 21.1. The summed E-state index contributed by atoms with van der Waals surface area (Å²) in [6, 6.07) is 9.73. The molecule has 0 radical (unpaired) electrons. The van der Waals surface area contributed by atoms with E-state index in [0.29, 0.717) is 19.6 Å². The van der Waals surface area contributed by atoms with Gasteiger partial charge in [-0.2, -0.15) is 0 Å². The Kier molecular flexibility index (Phi) is 6.44. The molecule has 0 aromatic heterocycles. The first kappa shape index (κ1) is 21.3. The Hall–Kier alpha value is -1.92. The van der Waals surface area contributed by atoms with E-state index in [1.165, 1.54) is 0 Å². The number of ether oxygens (including phenoxy) is 1. The molecule has 2 saturated carbocycles. The molecular formula is C24H34N2O4. The van der Waals surface area contributed by atoms with Crippen LogP contribution >= 0.6 is 0 Å². The third-order valence-corrected chi connectivity index (χ3v) is 7.48. The number of hydrogen-bond acceptors (Lipinski definition) is 5. The molecule has 1 aromatic carbocycles. The molecule has 1 N–H and O–H groups in total. The van der Waals surface area contributed by atoms with Crippen LogP contribution in [0, 0.1) is 23.2 Å². The highest BCUT2D eigenvalue weighted by molar-refractivity contribution is 5.87. The number of piperazine rings is 1.